The molecule has 2 N–H and O–H groups in total. The van der Waals surface area contributed by atoms with Crippen molar-refractivity contribution < 1.29 is 19.0 Å². The van der Waals surface area contributed by atoms with Crippen LogP contribution in [0.25, 0.3) is 0 Å². The van der Waals surface area contributed by atoms with E-state index in [1.165, 1.54) is 0 Å². The topological polar surface area (TPSA) is 68.8 Å². The Kier molecular flexibility index (Phi) is 8.01. The van der Waals surface area contributed by atoms with Crippen LogP contribution in [0.1, 0.15) is 6.92 Å². The van der Waals surface area contributed by atoms with Crippen LogP contribution >= 0.6 is 12.4 Å². The number of methoxy groups -OCH3 is 1. The largest absolute Gasteiger partial charge is 0.482 e. The number of rotatable bonds is 7. The molecule has 0 aliphatic carbocycles. The first-order chi connectivity index (χ1) is 10.2. The van der Waals surface area contributed by atoms with Crippen molar-refractivity contribution in [2.75, 3.05) is 33.4 Å². The fourth-order valence-electron chi connectivity index (χ4n) is 2.08. The summed E-state index contributed by atoms with van der Waals surface area (Å²) in [5.74, 6) is 1.12. The van der Waals surface area contributed by atoms with Crippen LogP contribution in [0.5, 0.6) is 11.5 Å². The lowest BCUT2D eigenvalue weighted by Gasteiger charge is -2.31. The van der Waals surface area contributed by atoms with Gasteiger partial charge in [-0.15, -0.1) is 12.4 Å². The molecule has 1 aromatic carbocycles. The van der Waals surface area contributed by atoms with Gasteiger partial charge in [0.2, 0.25) is 6.10 Å². The molecule has 1 heterocycles. The van der Waals surface area contributed by atoms with Crippen molar-refractivity contribution in [1.29, 1.82) is 0 Å². The van der Waals surface area contributed by atoms with Gasteiger partial charge in [0.15, 0.2) is 11.5 Å². The zero-order valence-electron chi connectivity index (χ0n) is 12.8. The highest BCUT2D eigenvalue weighted by atomic mass is 35.5. The second kappa shape index (κ2) is 9.50. The summed E-state index contributed by atoms with van der Waals surface area (Å²) in [6.45, 7) is 4.47. The summed E-state index contributed by atoms with van der Waals surface area (Å²) in [7, 11) is 1.66. The van der Waals surface area contributed by atoms with Gasteiger partial charge in [0, 0.05) is 26.7 Å². The highest BCUT2D eigenvalue weighted by Gasteiger charge is 2.33. The predicted molar refractivity (Wildman–Crippen MR) is 86.0 cm³/mol. The second-order valence-electron chi connectivity index (χ2n) is 4.84. The van der Waals surface area contributed by atoms with E-state index >= 15 is 0 Å². The first-order valence-corrected chi connectivity index (χ1v) is 7.12. The van der Waals surface area contributed by atoms with Crippen LogP contribution in [0.4, 0.5) is 0 Å². The lowest BCUT2D eigenvalue weighted by Crippen LogP contribution is -2.50. The van der Waals surface area contributed by atoms with E-state index in [0.717, 1.165) is 6.54 Å². The van der Waals surface area contributed by atoms with E-state index in [9.17, 15) is 4.79 Å². The molecule has 0 saturated heterocycles. The fraction of sp³-hybridized carbons (Fsp3) is 0.533. The van der Waals surface area contributed by atoms with Crippen LogP contribution in [0.3, 0.4) is 0 Å². The maximum atomic E-state index is 12.1. The van der Waals surface area contributed by atoms with Gasteiger partial charge in [-0.1, -0.05) is 12.1 Å². The molecular weight excluding hydrogens is 308 g/mol. The van der Waals surface area contributed by atoms with Gasteiger partial charge >= 0.3 is 0 Å². The van der Waals surface area contributed by atoms with E-state index in [1.54, 1.807) is 13.2 Å². The second-order valence-corrected chi connectivity index (χ2v) is 4.84. The number of nitrogens with one attached hydrogen (secondary N) is 2. The molecule has 1 aliphatic rings. The van der Waals surface area contributed by atoms with Crippen molar-refractivity contribution in [1.82, 2.24) is 10.6 Å². The number of halogens is 1. The molecule has 1 aliphatic heterocycles. The summed E-state index contributed by atoms with van der Waals surface area (Å²) in [5, 5.41) is 6.00. The highest BCUT2D eigenvalue weighted by molar-refractivity contribution is 5.85. The summed E-state index contributed by atoms with van der Waals surface area (Å²) < 4.78 is 16.4. The maximum Gasteiger partial charge on any atom is 0.265 e. The van der Waals surface area contributed by atoms with Crippen LogP contribution in [-0.4, -0.2) is 51.5 Å². The predicted octanol–water partition coefficient (Wildman–Crippen LogP) is 0.989. The zero-order valence-corrected chi connectivity index (χ0v) is 13.7. The Bertz CT molecular complexity index is 473. The monoisotopic (exact) mass is 330 g/mol. The van der Waals surface area contributed by atoms with E-state index in [4.69, 9.17) is 14.2 Å². The van der Waals surface area contributed by atoms with Gasteiger partial charge in [-0.05, 0) is 19.1 Å². The molecule has 124 valence electrons. The Morgan fingerprint density at radius 2 is 1.86 bits per heavy atom. The molecule has 6 nitrogen and oxygen atoms in total. The van der Waals surface area contributed by atoms with Gasteiger partial charge in [0.1, 0.15) is 6.10 Å². The fourth-order valence-corrected chi connectivity index (χ4v) is 2.08. The van der Waals surface area contributed by atoms with Crippen LogP contribution in [0, 0.1) is 0 Å². The van der Waals surface area contributed by atoms with E-state index in [-0.39, 0.29) is 24.4 Å². The van der Waals surface area contributed by atoms with Crippen LogP contribution in [0.15, 0.2) is 24.3 Å². The first-order valence-electron chi connectivity index (χ1n) is 7.12. The highest BCUT2D eigenvalue weighted by Crippen LogP contribution is 2.33. The Morgan fingerprint density at radius 1 is 1.18 bits per heavy atom. The number of carbonyl (C=O) groups is 1. The quantitative estimate of drug-likeness (QED) is 0.730. The van der Waals surface area contributed by atoms with Crippen LogP contribution < -0.4 is 20.1 Å². The molecule has 0 fully saturated rings. The third-order valence-corrected chi connectivity index (χ3v) is 3.18. The van der Waals surface area contributed by atoms with Gasteiger partial charge < -0.3 is 24.8 Å². The van der Waals surface area contributed by atoms with E-state index in [2.05, 4.69) is 10.6 Å². The average Bonchev–Trinajstić information content (AvgIpc) is 2.49. The van der Waals surface area contributed by atoms with Crippen molar-refractivity contribution in [3.05, 3.63) is 24.3 Å². The zero-order chi connectivity index (χ0) is 15.1. The van der Waals surface area contributed by atoms with E-state index in [1.807, 2.05) is 25.1 Å². The van der Waals surface area contributed by atoms with Gasteiger partial charge in [-0.25, -0.2) is 0 Å². The Balaban J connectivity index is 0.00000242. The summed E-state index contributed by atoms with van der Waals surface area (Å²) in [6, 6.07) is 7.36. The average molecular weight is 331 g/mol. The molecule has 2 atom stereocenters. The molecular formula is C15H23ClN2O4. The maximum absolute atomic E-state index is 12.1. The molecule has 0 aromatic heterocycles. The lowest BCUT2D eigenvalue weighted by molar-refractivity contribution is -0.133. The SMILES string of the molecule is COCCNCCNC(=O)C1Oc2ccccc2OC1C.Cl. The van der Waals surface area contributed by atoms with Gasteiger partial charge in [0.05, 0.1) is 6.61 Å². The lowest BCUT2D eigenvalue weighted by atomic mass is 10.1. The summed E-state index contributed by atoms with van der Waals surface area (Å²) >= 11 is 0. The minimum atomic E-state index is -0.626. The molecule has 2 unspecified atom stereocenters. The number of hydrogen-bond acceptors (Lipinski definition) is 5. The summed E-state index contributed by atoms with van der Waals surface area (Å²) in [5.41, 5.74) is 0. The molecule has 2 rings (SSSR count). The molecule has 1 aromatic rings. The number of hydrogen-bond donors (Lipinski definition) is 2. The Morgan fingerprint density at radius 3 is 2.55 bits per heavy atom. The molecule has 0 bridgehead atoms. The molecule has 1 amide bonds. The number of fused-ring (bicyclic) bond motifs is 1. The Hall–Kier alpha value is -1.50. The van der Waals surface area contributed by atoms with Crippen LogP contribution in [-0.2, 0) is 9.53 Å². The standard InChI is InChI=1S/C15H22N2O4.ClH/c1-11-14(15(18)17-8-7-16-9-10-19-2)21-13-6-4-3-5-12(13)20-11;/h3-6,11,14,16H,7-10H2,1-2H3,(H,17,18);1H. The van der Waals surface area contributed by atoms with Crippen molar-refractivity contribution >= 4 is 18.3 Å². The number of benzene rings is 1. The van der Waals surface area contributed by atoms with Crippen molar-refractivity contribution in [3.63, 3.8) is 0 Å². The van der Waals surface area contributed by atoms with Crippen molar-refractivity contribution in [3.8, 4) is 11.5 Å². The number of amides is 1. The molecule has 7 heteroatoms. The van der Waals surface area contributed by atoms with Gasteiger partial charge in [0.25, 0.3) is 5.91 Å². The van der Waals surface area contributed by atoms with E-state index in [0.29, 0.717) is 31.2 Å². The number of carbonyl (C=O) groups excluding carboxylic acids is 1. The molecule has 0 saturated carbocycles. The van der Waals surface area contributed by atoms with Crippen LogP contribution in [0.2, 0.25) is 0 Å². The molecule has 0 radical (unpaired) electrons. The Labute approximate surface area is 136 Å². The van der Waals surface area contributed by atoms with E-state index < -0.39 is 6.10 Å². The summed E-state index contributed by atoms with van der Waals surface area (Å²) in [4.78, 5) is 12.1. The summed E-state index contributed by atoms with van der Waals surface area (Å²) in [6.07, 6.45) is -0.944. The normalized spacial score (nSPS) is 19.2. The third kappa shape index (κ3) is 5.05. The molecule has 22 heavy (non-hydrogen) atoms. The van der Waals surface area contributed by atoms with Crippen molar-refractivity contribution in [2.45, 2.75) is 19.1 Å². The van der Waals surface area contributed by atoms with Crippen molar-refractivity contribution in [2.24, 2.45) is 0 Å². The number of para-hydroxylation sites is 2. The minimum absolute atomic E-state index is 0. The first kappa shape index (κ1) is 18.5. The minimum Gasteiger partial charge on any atom is -0.482 e. The smallest absolute Gasteiger partial charge is 0.265 e. The third-order valence-electron chi connectivity index (χ3n) is 3.18. The number of ether oxygens (including phenoxy) is 3. The molecule has 0 spiro atoms. The van der Waals surface area contributed by atoms with Gasteiger partial charge in [-0.3, -0.25) is 4.79 Å². The van der Waals surface area contributed by atoms with Gasteiger partial charge in [-0.2, -0.15) is 0 Å².